The summed E-state index contributed by atoms with van der Waals surface area (Å²) in [6.07, 6.45) is 3.83. The van der Waals surface area contributed by atoms with E-state index in [1.807, 2.05) is 52.8 Å². The largest absolute Gasteiger partial charge is 0.488 e. The van der Waals surface area contributed by atoms with Crippen LogP contribution in [0.4, 0.5) is 0 Å². The van der Waals surface area contributed by atoms with Crippen LogP contribution in [0.3, 0.4) is 0 Å². The first-order valence-electron chi connectivity index (χ1n) is 9.23. The minimum Gasteiger partial charge on any atom is -0.488 e. The second-order valence-electron chi connectivity index (χ2n) is 5.47. The Kier molecular flexibility index (Phi) is 13.0. The number of hydrogen-bond acceptors (Lipinski definition) is 4. The summed E-state index contributed by atoms with van der Waals surface area (Å²) in [6, 6.07) is 7.11. The van der Waals surface area contributed by atoms with Gasteiger partial charge in [-0.05, 0) is 58.0 Å². The Hall–Kier alpha value is -2.71. The molecular formula is C22H33N3O2. The minimum atomic E-state index is -0.190. The maximum atomic E-state index is 12.1. The van der Waals surface area contributed by atoms with E-state index < -0.39 is 0 Å². The summed E-state index contributed by atoms with van der Waals surface area (Å²) in [5, 5.41) is 5.94. The Labute approximate surface area is 164 Å². The molecule has 0 aromatic heterocycles. The molecule has 0 bridgehead atoms. The Balaban J connectivity index is 0.000000998. The van der Waals surface area contributed by atoms with E-state index in [4.69, 9.17) is 10.5 Å². The second-order valence-corrected chi connectivity index (χ2v) is 5.47. The molecule has 1 fully saturated rings. The molecule has 1 saturated heterocycles. The first-order valence-corrected chi connectivity index (χ1v) is 9.23. The van der Waals surface area contributed by atoms with Crippen LogP contribution in [0, 0.1) is 11.8 Å². The molecule has 5 heteroatoms. The smallest absolute Gasteiger partial charge is 0.255 e. The highest BCUT2D eigenvalue weighted by Gasteiger charge is 2.18. The Morgan fingerprint density at radius 2 is 1.78 bits per heavy atom. The van der Waals surface area contributed by atoms with Crippen LogP contribution in [0.15, 0.2) is 47.8 Å². The molecule has 0 radical (unpaired) electrons. The molecule has 0 spiro atoms. The number of carbonyl (C=O) groups is 1. The van der Waals surface area contributed by atoms with Crippen LogP contribution in [0.25, 0.3) is 0 Å². The van der Waals surface area contributed by atoms with Gasteiger partial charge in [-0.15, -0.1) is 11.8 Å². The van der Waals surface area contributed by atoms with Crippen LogP contribution in [0.5, 0.6) is 5.75 Å². The summed E-state index contributed by atoms with van der Waals surface area (Å²) in [5.41, 5.74) is 7.49. The van der Waals surface area contributed by atoms with E-state index in [0.717, 1.165) is 18.8 Å². The SMILES string of the molecule is C/C=C\C(NC(=O)c1ccc(OC2CNC2)cc1)=C(/C)N.CC.CC#CC. The van der Waals surface area contributed by atoms with Crippen molar-refractivity contribution in [1.82, 2.24) is 10.6 Å². The highest BCUT2D eigenvalue weighted by atomic mass is 16.5. The van der Waals surface area contributed by atoms with Crippen LogP contribution in [-0.4, -0.2) is 25.1 Å². The van der Waals surface area contributed by atoms with Gasteiger partial charge >= 0.3 is 0 Å². The van der Waals surface area contributed by atoms with E-state index in [2.05, 4.69) is 22.5 Å². The number of carbonyl (C=O) groups excluding carboxylic acids is 1. The van der Waals surface area contributed by atoms with Crippen molar-refractivity contribution in [1.29, 1.82) is 0 Å². The third-order valence-electron chi connectivity index (χ3n) is 3.42. The predicted octanol–water partition coefficient (Wildman–Crippen LogP) is 3.59. The molecule has 0 unspecified atom stereocenters. The summed E-state index contributed by atoms with van der Waals surface area (Å²) in [5.74, 6) is 5.95. The summed E-state index contributed by atoms with van der Waals surface area (Å²) in [7, 11) is 0. The van der Waals surface area contributed by atoms with E-state index in [-0.39, 0.29) is 12.0 Å². The normalized spacial score (nSPS) is 13.4. The van der Waals surface area contributed by atoms with E-state index in [0.29, 0.717) is 17.0 Å². The van der Waals surface area contributed by atoms with Gasteiger partial charge in [-0.25, -0.2) is 0 Å². The van der Waals surface area contributed by atoms with Gasteiger partial charge in [0.15, 0.2) is 0 Å². The number of amides is 1. The van der Waals surface area contributed by atoms with Crippen LogP contribution in [0.2, 0.25) is 0 Å². The quantitative estimate of drug-likeness (QED) is 0.546. The van der Waals surface area contributed by atoms with Crippen molar-refractivity contribution < 1.29 is 9.53 Å². The molecule has 1 heterocycles. The lowest BCUT2D eigenvalue weighted by Crippen LogP contribution is -2.50. The summed E-state index contributed by atoms with van der Waals surface area (Å²) < 4.78 is 5.71. The summed E-state index contributed by atoms with van der Waals surface area (Å²) in [6.45, 7) is 13.0. The molecule has 1 amide bonds. The molecule has 27 heavy (non-hydrogen) atoms. The predicted molar refractivity (Wildman–Crippen MR) is 113 cm³/mol. The van der Waals surface area contributed by atoms with Crippen molar-refractivity contribution in [3.05, 3.63) is 53.4 Å². The molecule has 5 nitrogen and oxygen atoms in total. The fourth-order valence-corrected chi connectivity index (χ4v) is 1.86. The van der Waals surface area contributed by atoms with Gasteiger partial charge < -0.3 is 21.1 Å². The fraction of sp³-hybridized carbons (Fsp3) is 0.409. The van der Waals surface area contributed by atoms with Gasteiger partial charge in [0.05, 0.1) is 5.70 Å². The molecule has 148 valence electrons. The number of ether oxygens (including phenoxy) is 1. The molecule has 0 atom stereocenters. The van der Waals surface area contributed by atoms with Gasteiger partial charge in [0.25, 0.3) is 5.91 Å². The monoisotopic (exact) mass is 371 g/mol. The van der Waals surface area contributed by atoms with E-state index in [1.54, 1.807) is 25.1 Å². The van der Waals surface area contributed by atoms with Crippen molar-refractivity contribution in [3.8, 4) is 17.6 Å². The minimum absolute atomic E-state index is 0.190. The first-order chi connectivity index (χ1) is 13.0. The van der Waals surface area contributed by atoms with E-state index in [9.17, 15) is 4.79 Å². The highest BCUT2D eigenvalue weighted by molar-refractivity contribution is 5.95. The Morgan fingerprint density at radius 3 is 2.15 bits per heavy atom. The van der Waals surface area contributed by atoms with Gasteiger partial charge in [0.2, 0.25) is 0 Å². The number of nitrogens with one attached hydrogen (secondary N) is 2. The Bertz CT molecular complexity index is 666. The summed E-state index contributed by atoms with van der Waals surface area (Å²) in [4.78, 5) is 12.1. The molecule has 4 N–H and O–H groups in total. The highest BCUT2D eigenvalue weighted by Crippen LogP contribution is 2.15. The van der Waals surface area contributed by atoms with Gasteiger partial charge in [-0.2, -0.15) is 0 Å². The maximum Gasteiger partial charge on any atom is 0.255 e. The standard InChI is InChI=1S/C16H21N3O2.C4H6.C2H6/c1-3-4-15(11(2)17)19-16(20)12-5-7-13(8-6-12)21-14-9-18-10-14;1-3-4-2;1-2/h3-8,14,18H,9-10,17H2,1-2H3,(H,19,20);1-2H3;1-2H3/b4-3-,15-11-;;. The van der Waals surface area contributed by atoms with Crippen molar-refractivity contribution in [2.75, 3.05) is 13.1 Å². The third kappa shape index (κ3) is 9.53. The molecule has 1 aromatic carbocycles. The van der Waals surface area contributed by atoms with Gasteiger partial charge in [-0.1, -0.05) is 19.9 Å². The van der Waals surface area contributed by atoms with Gasteiger partial charge in [0.1, 0.15) is 11.9 Å². The van der Waals surface area contributed by atoms with Crippen LogP contribution in [0.1, 0.15) is 51.9 Å². The number of benzene rings is 1. The van der Waals surface area contributed by atoms with Crippen molar-refractivity contribution >= 4 is 5.91 Å². The van der Waals surface area contributed by atoms with Crippen molar-refractivity contribution in [2.24, 2.45) is 5.73 Å². The molecule has 0 aliphatic carbocycles. The third-order valence-corrected chi connectivity index (χ3v) is 3.42. The molecule has 1 aliphatic rings. The molecule has 0 saturated carbocycles. The average molecular weight is 372 g/mol. The number of nitrogens with two attached hydrogens (primary N) is 1. The number of hydrogen-bond donors (Lipinski definition) is 3. The van der Waals surface area contributed by atoms with Gasteiger partial charge in [-0.3, -0.25) is 4.79 Å². The zero-order chi connectivity index (χ0) is 20.7. The molecular weight excluding hydrogens is 338 g/mol. The second kappa shape index (κ2) is 14.5. The zero-order valence-electron chi connectivity index (χ0n) is 17.3. The van der Waals surface area contributed by atoms with Crippen LogP contribution < -0.4 is 21.1 Å². The number of rotatable bonds is 5. The summed E-state index contributed by atoms with van der Waals surface area (Å²) >= 11 is 0. The average Bonchev–Trinajstić information content (AvgIpc) is 2.66. The molecule has 1 aliphatic heterocycles. The fourth-order valence-electron chi connectivity index (χ4n) is 1.86. The first kappa shape index (κ1) is 24.3. The Morgan fingerprint density at radius 1 is 1.22 bits per heavy atom. The topological polar surface area (TPSA) is 76.4 Å². The zero-order valence-corrected chi connectivity index (χ0v) is 17.3. The van der Waals surface area contributed by atoms with E-state index in [1.165, 1.54) is 0 Å². The van der Waals surface area contributed by atoms with Crippen LogP contribution >= 0.6 is 0 Å². The lowest BCUT2D eigenvalue weighted by atomic mass is 10.2. The maximum absolute atomic E-state index is 12.1. The lowest BCUT2D eigenvalue weighted by Gasteiger charge is -2.27. The van der Waals surface area contributed by atoms with Crippen molar-refractivity contribution in [2.45, 2.75) is 47.6 Å². The number of allylic oxidation sites excluding steroid dienone is 3. The molecule has 2 rings (SSSR count). The molecule has 1 aromatic rings. The van der Waals surface area contributed by atoms with Gasteiger partial charge in [0, 0.05) is 24.4 Å². The van der Waals surface area contributed by atoms with Crippen molar-refractivity contribution in [3.63, 3.8) is 0 Å². The lowest BCUT2D eigenvalue weighted by molar-refractivity contribution is 0.0966. The van der Waals surface area contributed by atoms with Crippen LogP contribution in [-0.2, 0) is 0 Å². The van der Waals surface area contributed by atoms with E-state index >= 15 is 0 Å².